The minimum atomic E-state index is -0.792. The maximum Gasteiger partial charge on any atom is 0.306 e. The zero-order chi connectivity index (χ0) is 51.4. The first kappa shape index (κ1) is 67.3. The van der Waals surface area contributed by atoms with E-state index in [9.17, 15) is 14.4 Å². The Bertz CT molecular complexity index is 1410. The van der Waals surface area contributed by atoms with Crippen LogP contribution < -0.4 is 0 Å². The van der Waals surface area contributed by atoms with Gasteiger partial charge in [0, 0.05) is 19.3 Å². The van der Waals surface area contributed by atoms with E-state index >= 15 is 0 Å². The number of ether oxygens (including phenoxy) is 3. The molecule has 0 aromatic heterocycles. The zero-order valence-corrected chi connectivity index (χ0v) is 46.5. The van der Waals surface area contributed by atoms with Crippen LogP contribution in [-0.4, -0.2) is 37.2 Å². The largest absolute Gasteiger partial charge is 0.462 e. The van der Waals surface area contributed by atoms with Gasteiger partial charge in [-0.15, -0.1) is 0 Å². The maximum atomic E-state index is 12.8. The van der Waals surface area contributed by atoms with Crippen LogP contribution >= 0.6 is 0 Å². The second-order valence-corrected chi connectivity index (χ2v) is 19.5. The molecule has 0 saturated heterocycles. The van der Waals surface area contributed by atoms with Crippen LogP contribution in [0.3, 0.4) is 0 Å². The number of hydrogen-bond donors (Lipinski definition) is 0. The molecule has 1 unspecified atom stereocenters. The van der Waals surface area contributed by atoms with Crippen molar-refractivity contribution < 1.29 is 28.6 Å². The van der Waals surface area contributed by atoms with E-state index in [2.05, 4.69) is 118 Å². The summed E-state index contributed by atoms with van der Waals surface area (Å²) < 4.78 is 16.8. The predicted octanol–water partition coefficient (Wildman–Crippen LogP) is 20.1. The summed E-state index contributed by atoms with van der Waals surface area (Å²) in [6.45, 7) is 6.40. The lowest BCUT2D eigenvalue weighted by Crippen LogP contribution is -2.30. The molecule has 0 saturated carbocycles. The van der Waals surface area contributed by atoms with Crippen molar-refractivity contribution in [2.45, 2.75) is 284 Å². The van der Waals surface area contributed by atoms with Crippen molar-refractivity contribution in [3.8, 4) is 0 Å². The van der Waals surface area contributed by atoms with E-state index in [0.717, 1.165) is 116 Å². The van der Waals surface area contributed by atoms with Crippen molar-refractivity contribution in [2.24, 2.45) is 0 Å². The summed E-state index contributed by atoms with van der Waals surface area (Å²) in [4.78, 5) is 38.1. The van der Waals surface area contributed by atoms with Crippen LogP contribution in [0, 0.1) is 0 Å². The third-order valence-corrected chi connectivity index (χ3v) is 12.6. The molecule has 0 heterocycles. The normalized spacial score (nSPS) is 12.8. The summed E-state index contributed by atoms with van der Waals surface area (Å²) >= 11 is 0. The Labute approximate surface area is 438 Å². The number of hydrogen-bond acceptors (Lipinski definition) is 6. The highest BCUT2D eigenvalue weighted by molar-refractivity contribution is 5.71. The summed E-state index contributed by atoms with van der Waals surface area (Å²) in [6.07, 6.45) is 78.4. The predicted molar refractivity (Wildman–Crippen MR) is 307 cm³/mol. The fourth-order valence-electron chi connectivity index (χ4n) is 8.19. The smallest absolute Gasteiger partial charge is 0.306 e. The van der Waals surface area contributed by atoms with Crippen LogP contribution in [0.25, 0.3) is 0 Å². The number of allylic oxidation sites excluding steroid dienone is 16. The van der Waals surface area contributed by atoms with Gasteiger partial charge in [-0.3, -0.25) is 14.4 Å². The van der Waals surface area contributed by atoms with Crippen LogP contribution in [-0.2, 0) is 28.6 Å². The zero-order valence-electron chi connectivity index (χ0n) is 46.5. The SMILES string of the molecule is CC/C=C\C/C=C\C/C=C\C/C=C\C/C=C\CCCCCCCCCCCCCC(=O)OCC(COC(=O)CCCCCCCCCCCCCCC)OC(=O)CCCCC/C=C\C/C=C\C/C=C\CC. The van der Waals surface area contributed by atoms with Gasteiger partial charge in [-0.05, 0) is 96.3 Å². The van der Waals surface area contributed by atoms with Crippen molar-refractivity contribution in [1.29, 1.82) is 0 Å². The van der Waals surface area contributed by atoms with Crippen molar-refractivity contribution in [1.82, 2.24) is 0 Å². The van der Waals surface area contributed by atoms with Crippen LogP contribution in [0.2, 0.25) is 0 Å². The molecule has 6 heteroatoms. The van der Waals surface area contributed by atoms with Crippen LogP contribution in [0.5, 0.6) is 0 Å². The standard InChI is InChI=1S/C65H110O6/c1-4-7-10-13-16-19-22-25-26-27-28-29-30-31-32-33-34-35-36-37-38-41-43-46-49-52-55-58-64(67)70-61-62(71-65(68)59-56-53-50-47-44-40-24-21-18-15-12-9-6-3)60-69-63(66)57-54-51-48-45-42-39-23-20-17-14-11-8-5-2/h7,9-10,12,16,18-19,21,25-26,28-29,31-32,40,44,62H,4-6,8,11,13-15,17,20,22-24,27,30,33-39,41-43,45-61H2,1-3H3/b10-7-,12-9-,19-16-,21-18-,26-25-,29-28-,32-31-,44-40-. The molecule has 0 spiro atoms. The van der Waals surface area contributed by atoms with Crippen LogP contribution in [0.4, 0.5) is 0 Å². The first-order chi connectivity index (χ1) is 35.0. The molecule has 0 fully saturated rings. The molecule has 1 atom stereocenters. The fraction of sp³-hybridized carbons (Fsp3) is 0.708. The molecule has 0 aliphatic rings. The highest BCUT2D eigenvalue weighted by atomic mass is 16.6. The quantitative estimate of drug-likeness (QED) is 0.0261. The Morgan fingerprint density at radius 3 is 0.873 bits per heavy atom. The van der Waals surface area contributed by atoms with Crippen molar-refractivity contribution >= 4 is 17.9 Å². The number of carbonyl (C=O) groups excluding carboxylic acids is 3. The summed E-state index contributed by atoms with van der Waals surface area (Å²) in [7, 11) is 0. The Hall–Kier alpha value is -3.67. The molecule has 71 heavy (non-hydrogen) atoms. The molecule has 6 nitrogen and oxygen atoms in total. The first-order valence-corrected chi connectivity index (χ1v) is 29.7. The summed E-state index contributed by atoms with van der Waals surface area (Å²) in [5, 5.41) is 0. The van der Waals surface area contributed by atoms with Gasteiger partial charge in [-0.1, -0.05) is 259 Å². The molecule has 0 aliphatic carbocycles. The molecule has 406 valence electrons. The number of rotatable bonds is 53. The van der Waals surface area contributed by atoms with Crippen LogP contribution in [0.15, 0.2) is 97.2 Å². The second-order valence-electron chi connectivity index (χ2n) is 19.5. The van der Waals surface area contributed by atoms with Gasteiger partial charge in [-0.25, -0.2) is 0 Å². The van der Waals surface area contributed by atoms with Gasteiger partial charge in [0.2, 0.25) is 0 Å². The summed E-state index contributed by atoms with van der Waals surface area (Å²) in [5.41, 5.74) is 0. The van der Waals surface area contributed by atoms with E-state index in [1.54, 1.807) is 0 Å². The summed E-state index contributed by atoms with van der Waals surface area (Å²) in [6, 6.07) is 0. The van der Waals surface area contributed by atoms with Crippen molar-refractivity contribution in [2.75, 3.05) is 13.2 Å². The molecule has 0 aromatic rings. The van der Waals surface area contributed by atoms with E-state index in [1.165, 1.54) is 122 Å². The Morgan fingerprint density at radius 2 is 0.549 bits per heavy atom. The molecule has 0 rings (SSSR count). The lowest BCUT2D eigenvalue weighted by Gasteiger charge is -2.18. The van der Waals surface area contributed by atoms with Gasteiger partial charge in [-0.2, -0.15) is 0 Å². The van der Waals surface area contributed by atoms with Gasteiger partial charge >= 0.3 is 17.9 Å². The first-order valence-electron chi connectivity index (χ1n) is 29.7. The number of unbranched alkanes of at least 4 members (excludes halogenated alkanes) is 26. The minimum Gasteiger partial charge on any atom is -0.462 e. The second kappa shape index (κ2) is 58.9. The third kappa shape index (κ3) is 57.1. The minimum absolute atomic E-state index is 0.0878. The van der Waals surface area contributed by atoms with Crippen molar-refractivity contribution in [3.63, 3.8) is 0 Å². The highest BCUT2D eigenvalue weighted by Gasteiger charge is 2.19. The van der Waals surface area contributed by atoms with Crippen molar-refractivity contribution in [3.05, 3.63) is 97.2 Å². The molecule has 0 N–H and O–H groups in total. The maximum absolute atomic E-state index is 12.8. The average molecular weight is 988 g/mol. The third-order valence-electron chi connectivity index (χ3n) is 12.6. The Kier molecular flexibility index (Phi) is 55.9. The van der Waals surface area contributed by atoms with E-state index in [-0.39, 0.29) is 31.1 Å². The van der Waals surface area contributed by atoms with Crippen LogP contribution in [0.1, 0.15) is 278 Å². The molecule has 0 amide bonds. The summed E-state index contributed by atoms with van der Waals surface area (Å²) in [5.74, 6) is -0.915. The molecule has 0 radical (unpaired) electrons. The highest BCUT2D eigenvalue weighted by Crippen LogP contribution is 2.16. The average Bonchev–Trinajstić information content (AvgIpc) is 3.37. The van der Waals surface area contributed by atoms with Gasteiger partial charge in [0.25, 0.3) is 0 Å². The molecule has 0 aliphatic heterocycles. The lowest BCUT2D eigenvalue weighted by molar-refractivity contribution is -0.167. The number of carbonyl (C=O) groups is 3. The molecule has 0 bridgehead atoms. The number of esters is 3. The molecular formula is C65H110O6. The molecule has 0 aromatic carbocycles. The van der Waals surface area contributed by atoms with E-state index < -0.39 is 6.10 Å². The van der Waals surface area contributed by atoms with E-state index in [0.29, 0.717) is 19.3 Å². The van der Waals surface area contributed by atoms with E-state index in [1.807, 2.05) is 0 Å². The topological polar surface area (TPSA) is 78.9 Å². The van der Waals surface area contributed by atoms with E-state index in [4.69, 9.17) is 14.2 Å². The van der Waals surface area contributed by atoms with Gasteiger partial charge in [0.1, 0.15) is 13.2 Å². The monoisotopic (exact) mass is 987 g/mol. The van der Waals surface area contributed by atoms with Gasteiger partial charge < -0.3 is 14.2 Å². The molecular weight excluding hydrogens is 877 g/mol. The fourth-order valence-corrected chi connectivity index (χ4v) is 8.19. The Balaban J connectivity index is 4.27. The van der Waals surface area contributed by atoms with Gasteiger partial charge in [0.15, 0.2) is 6.10 Å². The van der Waals surface area contributed by atoms with Gasteiger partial charge in [0.05, 0.1) is 0 Å². The Morgan fingerprint density at radius 1 is 0.296 bits per heavy atom. The lowest BCUT2D eigenvalue weighted by atomic mass is 10.0.